The first-order valence-electron chi connectivity index (χ1n) is 9.04. The first-order valence-corrected chi connectivity index (χ1v) is 9.04. The number of carbonyl (C=O) groups is 3. The zero-order valence-electron chi connectivity index (χ0n) is 15.3. The molecule has 0 aromatic heterocycles. The second-order valence-electron chi connectivity index (χ2n) is 6.77. The molecule has 4 nitrogen and oxygen atoms in total. The largest absolute Gasteiger partial charge is 0.465 e. The molecule has 4 heteroatoms. The van der Waals surface area contributed by atoms with Gasteiger partial charge < -0.3 is 4.74 Å². The fraction of sp³-hybridized carbons (Fsp3) is 0.125. The van der Waals surface area contributed by atoms with Gasteiger partial charge in [0, 0.05) is 11.1 Å². The van der Waals surface area contributed by atoms with Gasteiger partial charge in [-0.2, -0.15) is 0 Å². The number of ketones is 2. The van der Waals surface area contributed by atoms with Crippen LogP contribution in [0.3, 0.4) is 0 Å². The number of ether oxygens (including phenoxy) is 1. The van der Waals surface area contributed by atoms with E-state index in [4.69, 9.17) is 4.74 Å². The van der Waals surface area contributed by atoms with E-state index in [1.807, 2.05) is 36.4 Å². The van der Waals surface area contributed by atoms with Gasteiger partial charge in [0.15, 0.2) is 11.6 Å². The fourth-order valence-corrected chi connectivity index (χ4v) is 3.69. The van der Waals surface area contributed by atoms with Crippen molar-refractivity contribution < 1.29 is 19.1 Å². The third kappa shape index (κ3) is 3.03. The predicted octanol–water partition coefficient (Wildman–Crippen LogP) is 4.38. The molecule has 0 spiro atoms. The molecule has 1 aliphatic carbocycles. The van der Waals surface area contributed by atoms with Gasteiger partial charge in [-0.15, -0.1) is 0 Å². The minimum Gasteiger partial charge on any atom is -0.465 e. The van der Waals surface area contributed by atoms with E-state index in [0.29, 0.717) is 23.1 Å². The summed E-state index contributed by atoms with van der Waals surface area (Å²) in [4.78, 5) is 37.6. The van der Waals surface area contributed by atoms with E-state index in [-0.39, 0.29) is 11.6 Å². The normalized spacial score (nSPS) is 13.5. The molecule has 0 unspecified atom stereocenters. The van der Waals surface area contributed by atoms with E-state index in [0.717, 1.165) is 16.7 Å². The van der Waals surface area contributed by atoms with Crippen molar-refractivity contribution in [2.24, 2.45) is 5.92 Å². The lowest BCUT2D eigenvalue weighted by Crippen LogP contribution is -2.18. The quantitative estimate of drug-likeness (QED) is 0.505. The molecule has 0 N–H and O–H groups in total. The Balaban J connectivity index is 1.71. The van der Waals surface area contributed by atoms with Crippen molar-refractivity contribution in [1.29, 1.82) is 0 Å². The van der Waals surface area contributed by atoms with Gasteiger partial charge >= 0.3 is 5.97 Å². The minimum atomic E-state index is -0.718. The van der Waals surface area contributed by atoms with Crippen molar-refractivity contribution in [1.82, 2.24) is 0 Å². The van der Waals surface area contributed by atoms with Crippen molar-refractivity contribution in [3.63, 3.8) is 0 Å². The Morgan fingerprint density at radius 1 is 0.821 bits per heavy atom. The van der Waals surface area contributed by atoms with Crippen LogP contribution in [0.25, 0.3) is 11.1 Å². The highest BCUT2D eigenvalue weighted by Gasteiger charge is 2.38. The second kappa shape index (κ2) is 7.24. The van der Waals surface area contributed by atoms with Crippen molar-refractivity contribution in [3.8, 4) is 11.1 Å². The Hall–Kier alpha value is -3.53. The summed E-state index contributed by atoms with van der Waals surface area (Å²) in [7, 11) is 1.35. The molecule has 28 heavy (non-hydrogen) atoms. The molecule has 0 fully saturated rings. The van der Waals surface area contributed by atoms with Crippen molar-refractivity contribution in [2.75, 3.05) is 7.11 Å². The summed E-state index contributed by atoms with van der Waals surface area (Å²) in [6.07, 6.45) is 0.299. The van der Waals surface area contributed by atoms with Gasteiger partial charge in [-0.25, -0.2) is 4.79 Å². The Morgan fingerprint density at radius 3 is 2.04 bits per heavy atom. The van der Waals surface area contributed by atoms with Gasteiger partial charge in [0.05, 0.1) is 18.6 Å². The highest BCUT2D eigenvalue weighted by atomic mass is 16.5. The number of benzene rings is 3. The molecule has 0 radical (unpaired) electrons. The zero-order chi connectivity index (χ0) is 19.7. The SMILES string of the molecule is COC(=O)c1ccc(CC2C(=O)c3ccccc3C2=O)cc1-c1ccccc1. The molecule has 0 bridgehead atoms. The molecule has 138 valence electrons. The molecule has 0 atom stereocenters. The van der Waals surface area contributed by atoms with Crippen molar-refractivity contribution >= 4 is 17.5 Å². The minimum absolute atomic E-state index is 0.140. The lowest BCUT2D eigenvalue weighted by Gasteiger charge is -2.13. The number of carbonyl (C=O) groups excluding carboxylic acids is 3. The van der Waals surface area contributed by atoms with Gasteiger partial charge in [0.1, 0.15) is 0 Å². The first-order chi connectivity index (χ1) is 13.6. The Labute approximate surface area is 162 Å². The average molecular weight is 370 g/mol. The van der Waals surface area contributed by atoms with Gasteiger partial charge in [-0.1, -0.05) is 66.7 Å². The molecule has 0 aliphatic heterocycles. The number of esters is 1. The number of rotatable bonds is 4. The van der Waals surface area contributed by atoms with Crippen LogP contribution in [-0.4, -0.2) is 24.6 Å². The van der Waals surface area contributed by atoms with Crippen LogP contribution >= 0.6 is 0 Å². The summed E-state index contributed by atoms with van der Waals surface area (Å²) in [6, 6.07) is 21.8. The molecule has 0 amide bonds. The number of Topliss-reactive ketones (excluding diaryl/α,β-unsaturated/α-hetero) is 2. The van der Waals surface area contributed by atoms with Crippen LogP contribution in [0.15, 0.2) is 72.8 Å². The lowest BCUT2D eigenvalue weighted by atomic mass is 9.91. The second-order valence-corrected chi connectivity index (χ2v) is 6.77. The van der Waals surface area contributed by atoms with Crippen LogP contribution in [-0.2, 0) is 11.2 Å². The Morgan fingerprint density at radius 2 is 1.43 bits per heavy atom. The topological polar surface area (TPSA) is 60.4 Å². The summed E-state index contributed by atoms with van der Waals surface area (Å²) in [6.45, 7) is 0. The van der Waals surface area contributed by atoms with Crippen molar-refractivity contribution in [2.45, 2.75) is 6.42 Å². The van der Waals surface area contributed by atoms with Crippen LogP contribution < -0.4 is 0 Å². The van der Waals surface area contributed by atoms with Gasteiger partial charge in [0.25, 0.3) is 0 Å². The van der Waals surface area contributed by atoms with E-state index in [1.54, 1.807) is 36.4 Å². The average Bonchev–Trinajstić information content (AvgIpc) is 2.99. The zero-order valence-corrected chi connectivity index (χ0v) is 15.3. The first kappa shape index (κ1) is 17.9. The maximum absolute atomic E-state index is 12.7. The molecule has 4 rings (SSSR count). The maximum Gasteiger partial charge on any atom is 0.338 e. The van der Waals surface area contributed by atoms with E-state index in [1.165, 1.54) is 7.11 Å². The molecule has 0 saturated carbocycles. The monoisotopic (exact) mass is 370 g/mol. The molecule has 1 aliphatic rings. The molecule has 3 aromatic rings. The highest BCUT2D eigenvalue weighted by Crippen LogP contribution is 2.31. The van der Waals surface area contributed by atoms with E-state index in [2.05, 4.69) is 0 Å². The summed E-state index contributed by atoms with van der Waals surface area (Å²) >= 11 is 0. The van der Waals surface area contributed by atoms with Crippen molar-refractivity contribution in [3.05, 3.63) is 95.1 Å². The standard InChI is InChI=1S/C24H18O4/c1-28-24(27)19-12-11-15(13-20(19)16-7-3-2-4-8-16)14-21-22(25)17-9-5-6-10-18(17)23(21)26/h2-13,21H,14H2,1H3. The van der Waals surface area contributed by atoms with Gasteiger partial charge in [-0.3, -0.25) is 9.59 Å². The lowest BCUT2D eigenvalue weighted by molar-refractivity contribution is 0.0601. The molecule has 3 aromatic carbocycles. The van der Waals surface area contributed by atoms with Crippen LogP contribution in [0.2, 0.25) is 0 Å². The molecule has 0 heterocycles. The molecular formula is C24H18O4. The van der Waals surface area contributed by atoms with Crippen LogP contribution in [0, 0.1) is 5.92 Å². The van der Waals surface area contributed by atoms with Crippen LogP contribution in [0.5, 0.6) is 0 Å². The molecule has 0 saturated heterocycles. The fourth-order valence-electron chi connectivity index (χ4n) is 3.69. The summed E-state index contributed by atoms with van der Waals surface area (Å²) in [5.41, 5.74) is 3.85. The van der Waals surface area contributed by atoms with E-state index < -0.39 is 11.9 Å². The predicted molar refractivity (Wildman–Crippen MR) is 106 cm³/mol. The highest BCUT2D eigenvalue weighted by molar-refractivity contribution is 6.26. The van der Waals surface area contributed by atoms with Gasteiger partial charge in [0.2, 0.25) is 0 Å². The number of methoxy groups -OCH3 is 1. The Kier molecular flexibility index (Phi) is 4.62. The third-order valence-corrected chi connectivity index (χ3v) is 5.10. The van der Waals surface area contributed by atoms with E-state index in [9.17, 15) is 14.4 Å². The summed E-state index contributed by atoms with van der Waals surface area (Å²) in [5, 5.41) is 0. The van der Waals surface area contributed by atoms with Crippen LogP contribution in [0.4, 0.5) is 0 Å². The smallest absolute Gasteiger partial charge is 0.338 e. The number of hydrogen-bond acceptors (Lipinski definition) is 4. The molecular weight excluding hydrogens is 352 g/mol. The van der Waals surface area contributed by atoms with E-state index >= 15 is 0 Å². The maximum atomic E-state index is 12.7. The third-order valence-electron chi connectivity index (χ3n) is 5.10. The van der Waals surface area contributed by atoms with Crippen LogP contribution in [0.1, 0.15) is 36.6 Å². The Bertz CT molecular complexity index is 1050. The number of hydrogen-bond donors (Lipinski definition) is 0. The summed E-state index contributed by atoms with van der Waals surface area (Å²) < 4.78 is 4.90. The number of fused-ring (bicyclic) bond motifs is 1. The van der Waals surface area contributed by atoms with Gasteiger partial charge in [-0.05, 0) is 29.2 Å². The summed E-state index contributed by atoms with van der Waals surface area (Å²) in [5.74, 6) is -1.42.